The monoisotopic (exact) mass is 492 g/mol. The third-order valence-electron chi connectivity index (χ3n) is 8.56. The molecule has 0 saturated heterocycles. The van der Waals surface area contributed by atoms with Gasteiger partial charge in [-0.25, -0.2) is 9.07 Å². The Balaban J connectivity index is 1.59. The van der Waals surface area contributed by atoms with E-state index in [4.69, 9.17) is 0 Å². The first-order valence-electron chi connectivity index (χ1n) is 11.5. The normalized spacial score (nSPS) is 32.1. The molecule has 5 atom stereocenters. The van der Waals surface area contributed by atoms with Crippen LogP contribution in [-0.2, 0) is 22.4 Å². The molecule has 3 aliphatic carbocycles. The van der Waals surface area contributed by atoms with Crippen molar-refractivity contribution >= 4 is 11.9 Å². The lowest BCUT2D eigenvalue weighted by Gasteiger charge is -2.56. The number of fused-ring (bicyclic) bond motifs is 4. The fraction of sp³-hybridized carbons (Fsp3) is 0.480. The van der Waals surface area contributed by atoms with Crippen molar-refractivity contribution in [1.29, 1.82) is 0 Å². The highest BCUT2D eigenvalue weighted by atomic mass is 19.4. The van der Waals surface area contributed by atoms with Gasteiger partial charge < -0.3 is 10.2 Å². The molecule has 0 bridgehead atoms. The zero-order valence-electron chi connectivity index (χ0n) is 18.8. The van der Waals surface area contributed by atoms with Gasteiger partial charge in [0.25, 0.3) is 0 Å². The fourth-order valence-corrected chi connectivity index (χ4v) is 6.89. The van der Waals surface area contributed by atoms with Crippen molar-refractivity contribution in [3.8, 4) is 5.69 Å². The Labute approximate surface area is 198 Å². The molecule has 2 N–H and O–H groups in total. The number of benzene rings is 1. The summed E-state index contributed by atoms with van der Waals surface area (Å²) in [6.45, 7) is 1.86. The van der Waals surface area contributed by atoms with Crippen molar-refractivity contribution in [3.63, 3.8) is 0 Å². The Morgan fingerprint density at radius 2 is 1.83 bits per heavy atom. The molecular weight excluding hydrogens is 468 g/mol. The second kappa shape index (κ2) is 7.66. The number of nitrogens with zero attached hydrogens (tertiary/aromatic N) is 2. The van der Waals surface area contributed by atoms with Crippen LogP contribution in [0.1, 0.15) is 37.4 Å². The minimum absolute atomic E-state index is 0.0678. The molecule has 6 nitrogen and oxygen atoms in total. The lowest BCUT2D eigenvalue weighted by atomic mass is 9.46. The van der Waals surface area contributed by atoms with Gasteiger partial charge in [0.05, 0.1) is 17.8 Å². The van der Waals surface area contributed by atoms with Crippen LogP contribution in [0.3, 0.4) is 0 Å². The molecule has 186 valence electrons. The van der Waals surface area contributed by atoms with Gasteiger partial charge in [-0.15, -0.1) is 0 Å². The molecule has 1 aromatic carbocycles. The van der Waals surface area contributed by atoms with Crippen LogP contribution >= 0.6 is 0 Å². The topological polar surface area (TPSA) is 92.4 Å². The van der Waals surface area contributed by atoms with Crippen LogP contribution in [0.15, 0.2) is 42.1 Å². The van der Waals surface area contributed by atoms with Gasteiger partial charge in [0.2, 0.25) is 0 Å². The molecule has 2 aromatic rings. The lowest BCUT2D eigenvalue weighted by Crippen LogP contribution is -2.62. The van der Waals surface area contributed by atoms with Gasteiger partial charge in [0, 0.05) is 11.6 Å². The summed E-state index contributed by atoms with van der Waals surface area (Å²) in [6.07, 6.45) is -1.38. The number of hydrogen-bond donors (Lipinski definition) is 2. The second-order valence-corrected chi connectivity index (χ2v) is 10.1. The van der Waals surface area contributed by atoms with E-state index in [1.807, 2.05) is 6.92 Å². The average molecular weight is 492 g/mol. The smallest absolute Gasteiger partial charge is 0.406 e. The third kappa shape index (κ3) is 3.18. The SMILES string of the molecule is C[C@]12Cc3cnn(-c4ccc(F)cc4)c3C[C@H]1CC[C@H]1C2=CC[C@@H](C(=O)O)[C@]1(C(=O)O)C(F)(F)F. The number of allylic oxidation sites excluding steroid dienone is 2. The standard InChI is InChI=1S/C25H24F4N2O4/c1-23-11-13-12-30-31(16-5-3-15(26)4-6-16)20(13)10-14(23)2-7-18-17(23)8-9-19(21(32)33)24(18,22(34)35)25(27,28)29/h3-6,8,12,14,18-19H,2,7,9-11H2,1H3,(H,32,33)(H,34,35)/t14-,18+,19+,23+,24-/m1/s1. The van der Waals surface area contributed by atoms with E-state index in [1.54, 1.807) is 29.1 Å². The van der Waals surface area contributed by atoms with Crippen LogP contribution in [0.4, 0.5) is 17.6 Å². The zero-order valence-corrected chi connectivity index (χ0v) is 18.8. The molecule has 0 unspecified atom stereocenters. The van der Waals surface area contributed by atoms with Crippen molar-refractivity contribution in [1.82, 2.24) is 9.78 Å². The summed E-state index contributed by atoms with van der Waals surface area (Å²) in [5.41, 5.74) is -1.34. The summed E-state index contributed by atoms with van der Waals surface area (Å²) >= 11 is 0. The Hall–Kier alpha value is -3.17. The molecule has 0 aliphatic heterocycles. The Bertz CT molecular complexity index is 1240. The minimum Gasteiger partial charge on any atom is -0.481 e. The molecule has 1 fully saturated rings. The molecule has 1 saturated carbocycles. The largest absolute Gasteiger partial charge is 0.481 e. The van der Waals surface area contributed by atoms with Crippen LogP contribution in [-0.4, -0.2) is 38.1 Å². The van der Waals surface area contributed by atoms with Gasteiger partial charge in [0.1, 0.15) is 5.82 Å². The number of hydrogen-bond acceptors (Lipinski definition) is 3. The molecule has 0 radical (unpaired) electrons. The van der Waals surface area contributed by atoms with Crippen LogP contribution in [0.5, 0.6) is 0 Å². The van der Waals surface area contributed by atoms with Gasteiger partial charge in [-0.3, -0.25) is 9.59 Å². The number of carboxylic acid groups (broad SMARTS) is 2. The number of halogens is 4. The Kier molecular flexibility index (Phi) is 5.16. The lowest BCUT2D eigenvalue weighted by molar-refractivity contribution is -0.266. The predicted molar refractivity (Wildman–Crippen MR) is 115 cm³/mol. The first-order chi connectivity index (χ1) is 16.4. The second-order valence-electron chi connectivity index (χ2n) is 10.1. The first-order valence-corrected chi connectivity index (χ1v) is 11.5. The van der Waals surface area contributed by atoms with Crippen molar-refractivity contribution in [2.75, 3.05) is 0 Å². The highest BCUT2D eigenvalue weighted by Crippen LogP contribution is 2.65. The molecule has 3 aliphatic rings. The molecular formula is C25H24F4N2O4. The summed E-state index contributed by atoms with van der Waals surface area (Å²) in [5, 5.41) is 24.0. The van der Waals surface area contributed by atoms with E-state index in [0.29, 0.717) is 30.5 Å². The van der Waals surface area contributed by atoms with Crippen LogP contribution < -0.4 is 0 Å². The summed E-state index contributed by atoms with van der Waals surface area (Å²) in [4.78, 5) is 24.1. The molecule has 10 heteroatoms. The average Bonchev–Trinajstić information content (AvgIpc) is 3.17. The van der Waals surface area contributed by atoms with E-state index in [9.17, 15) is 37.4 Å². The van der Waals surface area contributed by atoms with Crippen LogP contribution in [0.2, 0.25) is 0 Å². The highest BCUT2D eigenvalue weighted by Gasteiger charge is 2.73. The van der Waals surface area contributed by atoms with Crippen LogP contribution in [0.25, 0.3) is 5.69 Å². The maximum Gasteiger partial charge on any atom is 0.406 e. The molecule has 1 aromatic heterocycles. The highest BCUT2D eigenvalue weighted by molar-refractivity contribution is 5.86. The minimum atomic E-state index is -5.23. The molecule has 5 rings (SSSR count). The quantitative estimate of drug-likeness (QED) is 0.474. The van der Waals surface area contributed by atoms with Gasteiger partial charge >= 0.3 is 18.1 Å². The summed E-state index contributed by atoms with van der Waals surface area (Å²) < 4.78 is 58.7. The molecule has 0 spiro atoms. The van der Waals surface area contributed by atoms with Gasteiger partial charge in [0.15, 0.2) is 5.41 Å². The Morgan fingerprint density at radius 1 is 1.14 bits per heavy atom. The van der Waals surface area contributed by atoms with E-state index in [-0.39, 0.29) is 18.2 Å². The van der Waals surface area contributed by atoms with E-state index in [0.717, 1.165) is 11.3 Å². The van der Waals surface area contributed by atoms with Crippen molar-refractivity contribution < 1.29 is 37.4 Å². The maximum atomic E-state index is 14.5. The fourth-order valence-electron chi connectivity index (χ4n) is 6.89. The van der Waals surface area contributed by atoms with Crippen molar-refractivity contribution in [2.24, 2.45) is 28.6 Å². The summed E-state index contributed by atoms with van der Waals surface area (Å²) in [5.74, 6) is -7.88. The van der Waals surface area contributed by atoms with Crippen molar-refractivity contribution in [3.05, 3.63) is 59.2 Å². The first kappa shape index (κ1) is 23.6. The van der Waals surface area contributed by atoms with E-state index >= 15 is 0 Å². The molecule has 1 heterocycles. The number of aromatic nitrogens is 2. The maximum absolute atomic E-state index is 14.5. The summed E-state index contributed by atoms with van der Waals surface area (Å²) in [6, 6.07) is 5.87. The van der Waals surface area contributed by atoms with Gasteiger partial charge in [-0.2, -0.15) is 18.3 Å². The number of rotatable bonds is 3. The number of carbonyl (C=O) groups is 2. The predicted octanol–water partition coefficient (Wildman–Crippen LogP) is 4.81. The Morgan fingerprint density at radius 3 is 2.43 bits per heavy atom. The number of carboxylic acids is 2. The third-order valence-corrected chi connectivity index (χ3v) is 8.56. The van der Waals surface area contributed by atoms with Crippen molar-refractivity contribution in [2.45, 2.75) is 45.2 Å². The number of aliphatic carboxylic acids is 2. The molecule has 35 heavy (non-hydrogen) atoms. The van der Waals surface area contributed by atoms with Gasteiger partial charge in [-0.1, -0.05) is 18.6 Å². The number of alkyl halides is 3. The van der Waals surface area contributed by atoms with Gasteiger partial charge in [-0.05, 0) is 73.3 Å². The van der Waals surface area contributed by atoms with E-state index in [2.05, 4.69) is 5.10 Å². The van der Waals surface area contributed by atoms with E-state index < -0.39 is 47.2 Å². The van der Waals surface area contributed by atoms with E-state index in [1.165, 1.54) is 12.1 Å². The summed E-state index contributed by atoms with van der Waals surface area (Å²) in [7, 11) is 0. The zero-order chi connectivity index (χ0) is 25.3. The van der Waals surface area contributed by atoms with Crippen LogP contribution in [0, 0.1) is 34.4 Å². The molecule has 0 amide bonds.